The lowest BCUT2D eigenvalue weighted by molar-refractivity contribution is -0.0135. The van der Waals surface area contributed by atoms with Crippen molar-refractivity contribution in [1.29, 1.82) is 0 Å². The van der Waals surface area contributed by atoms with Crippen LogP contribution in [0.1, 0.15) is 60.3 Å². The molecule has 1 fully saturated rings. The van der Waals surface area contributed by atoms with Gasteiger partial charge in [0.1, 0.15) is 6.73 Å². The Hall–Kier alpha value is -0.0800. The van der Waals surface area contributed by atoms with Gasteiger partial charge in [-0.1, -0.05) is 26.7 Å². The van der Waals surface area contributed by atoms with Gasteiger partial charge in [-0.15, -0.1) is 0 Å². The highest BCUT2D eigenvalue weighted by Crippen LogP contribution is 2.33. The summed E-state index contributed by atoms with van der Waals surface area (Å²) in [4.78, 5) is 2.46. The Bertz CT molecular complexity index is 189. The van der Waals surface area contributed by atoms with Crippen LogP contribution in [0.15, 0.2) is 0 Å². The molecule has 1 saturated heterocycles. The van der Waals surface area contributed by atoms with E-state index in [4.69, 9.17) is 4.74 Å². The molecule has 0 bridgehead atoms. The van der Waals surface area contributed by atoms with E-state index in [1.54, 1.807) is 0 Å². The second kappa shape index (κ2) is 4.84. The Morgan fingerprint density at radius 2 is 1.67 bits per heavy atom. The maximum atomic E-state index is 6.09. The van der Waals surface area contributed by atoms with Crippen LogP contribution in [0, 0.1) is 0 Å². The summed E-state index contributed by atoms with van der Waals surface area (Å²) < 4.78 is 6.09. The van der Waals surface area contributed by atoms with E-state index >= 15 is 0 Å². The molecule has 0 aromatic heterocycles. The van der Waals surface area contributed by atoms with E-state index in [0.29, 0.717) is 0 Å². The minimum Gasteiger partial charge on any atom is -0.358 e. The standard InChI is InChI=1S/C13H27NO/c1-6-8-13(9-7-2)10-14(11-15-13)12(3,4)5/h6-11H2,1-5H3. The average molecular weight is 213 g/mol. The quantitative estimate of drug-likeness (QED) is 0.709. The molecule has 90 valence electrons. The fourth-order valence-corrected chi connectivity index (χ4v) is 2.42. The Labute approximate surface area is 95.0 Å². The largest absolute Gasteiger partial charge is 0.358 e. The van der Waals surface area contributed by atoms with Crippen LogP contribution in [0.4, 0.5) is 0 Å². The average Bonchev–Trinajstić information content (AvgIpc) is 2.50. The summed E-state index contributed by atoms with van der Waals surface area (Å²) in [5.41, 5.74) is 0.389. The first-order valence-electron chi connectivity index (χ1n) is 6.32. The van der Waals surface area contributed by atoms with Gasteiger partial charge in [0.25, 0.3) is 0 Å². The minimum absolute atomic E-state index is 0.150. The van der Waals surface area contributed by atoms with Gasteiger partial charge >= 0.3 is 0 Å². The van der Waals surface area contributed by atoms with Gasteiger partial charge in [-0.3, -0.25) is 4.90 Å². The van der Waals surface area contributed by atoms with Crippen molar-refractivity contribution in [2.24, 2.45) is 0 Å². The first-order chi connectivity index (χ1) is 6.93. The van der Waals surface area contributed by atoms with Gasteiger partial charge in [0.05, 0.1) is 5.60 Å². The molecular formula is C13H27NO. The first kappa shape index (κ1) is 13.0. The van der Waals surface area contributed by atoms with E-state index in [-0.39, 0.29) is 11.1 Å². The monoisotopic (exact) mass is 213 g/mol. The van der Waals surface area contributed by atoms with Gasteiger partial charge in [-0.2, -0.15) is 0 Å². The Balaban J connectivity index is 2.63. The molecule has 2 nitrogen and oxygen atoms in total. The fourth-order valence-electron chi connectivity index (χ4n) is 2.42. The smallest absolute Gasteiger partial charge is 0.100 e. The highest BCUT2D eigenvalue weighted by Gasteiger charge is 2.41. The summed E-state index contributed by atoms with van der Waals surface area (Å²) in [6, 6.07) is 0. The summed E-state index contributed by atoms with van der Waals surface area (Å²) in [7, 11) is 0. The van der Waals surface area contributed by atoms with Crippen LogP contribution in [0.2, 0.25) is 0 Å². The Morgan fingerprint density at radius 3 is 2.00 bits per heavy atom. The van der Waals surface area contributed by atoms with Crippen molar-refractivity contribution >= 4 is 0 Å². The van der Waals surface area contributed by atoms with Gasteiger partial charge in [0.2, 0.25) is 0 Å². The number of hydrogen-bond acceptors (Lipinski definition) is 2. The molecule has 2 heteroatoms. The lowest BCUT2D eigenvalue weighted by Crippen LogP contribution is -2.42. The number of rotatable bonds is 4. The third kappa shape index (κ3) is 3.18. The molecule has 0 aromatic rings. The van der Waals surface area contributed by atoms with Crippen molar-refractivity contribution in [2.45, 2.75) is 71.4 Å². The van der Waals surface area contributed by atoms with Crippen LogP contribution in [-0.4, -0.2) is 29.3 Å². The second-order valence-electron chi connectivity index (χ2n) is 5.83. The summed E-state index contributed by atoms with van der Waals surface area (Å²) in [6.07, 6.45) is 4.84. The number of ether oxygens (including phenoxy) is 1. The van der Waals surface area contributed by atoms with Crippen molar-refractivity contribution in [3.63, 3.8) is 0 Å². The van der Waals surface area contributed by atoms with Gasteiger partial charge in [0, 0.05) is 12.1 Å². The Kier molecular flexibility index (Phi) is 4.19. The molecule has 1 rings (SSSR count). The molecule has 0 spiro atoms. The zero-order valence-corrected chi connectivity index (χ0v) is 11.1. The lowest BCUT2D eigenvalue weighted by Gasteiger charge is -2.32. The van der Waals surface area contributed by atoms with E-state index < -0.39 is 0 Å². The summed E-state index contributed by atoms with van der Waals surface area (Å²) in [5.74, 6) is 0. The first-order valence-corrected chi connectivity index (χ1v) is 6.32. The molecule has 0 radical (unpaired) electrons. The normalized spacial score (nSPS) is 22.2. The predicted octanol–water partition coefficient (Wildman–Crippen LogP) is 3.41. The summed E-state index contributed by atoms with van der Waals surface area (Å²) in [6.45, 7) is 13.2. The van der Waals surface area contributed by atoms with Crippen LogP contribution in [-0.2, 0) is 4.74 Å². The van der Waals surface area contributed by atoms with Crippen LogP contribution in [0.5, 0.6) is 0 Å². The highest BCUT2D eigenvalue weighted by molar-refractivity contribution is 4.92. The Morgan fingerprint density at radius 1 is 1.13 bits per heavy atom. The third-order valence-electron chi connectivity index (χ3n) is 3.37. The molecule has 0 N–H and O–H groups in total. The predicted molar refractivity (Wildman–Crippen MR) is 65.0 cm³/mol. The summed E-state index contributed by atoms with van der Waals surface area (Å²) >= 11 is 0. The van der Waals surface area contributed by atoms with Crippen molar-refractivity contribution in [1.82, 2.24) is 4.90 Å². The molecular weight excluding hydrogens is 186 g/mol. The topological polar surface area (TPSA) is 12.5 Å². The molecule has 1 aliphatic heterocycles. The molecule has 1 aliphatic rings. The van der Waals surface area contributed by atoms with E-state index in [1.165, 1.54) is 25.7 Å². The zero-order valence-electron chi connectivity index (χ0n) is 11.1. The van der Waals surface area contributed by atoms with E-state index in [0.717, 1.165) is 13.3 Å². The summed E-state index contributed by atoms with van der Waals surface area (Å²) in [5, 5.41) is 0. The molecule has 0 aromatic carbocycles. The van der Waals surface area contributed by atoms with Crippen molar-refractivity contribution < 1.29 is 4.74 Å². The van der Waals surface area contributed by atoms with Gasteiger partial charge in [-0.05, 0) is 33.6 Å². The van der Waals surface area contributed by atoms with Crippen molar-refractivity contribution in [3.8, 4) is 0 Å². The molecule has 1 heterocycles. The fraction of sp³-hybridized carbons (Fsp3) is 1.00. The van der Waals surface area contributed by atoms with Gasteiger partial charge < -0.3 is 4.74 Å². The molecule has 0 amide bonds. The van der Waals surface area contributed by atoms with Crippen molar-refractivity contribution in [2.75, 3.05) is 13.3 Å². The van der Waals surface area contributed by atoms with Crippen molar-refractivity contribution in [3.05, 3.63) is 0 Å². The van der Waals surface area contributed by atoms with Crippen LogP contribution in [0.25, 0.3) is 0 Å². The van der Waals surface area contributed by atoms with Crippen LogP contribution < -0.4 is 0 Å². The van der Waals surface area contributed by atoms with E-state index in [9.17, 15) is 0 Å². The maximum absolute atomic E-state index is 6.09. The minimum atomic E-state index is 0.150. The maximum Gasteiger partial charge on any atom is 0.100 e. The van der Waals surface area contributed by atoms with Gasteiger partial charge in [-0.25, -0.2) is 0 Å². The molecule has 0 saturated carbocycles. The van der Waals surface area contributed by atoms with E-state index in [1.807, 2.05) is 0 Å². The highest BCUT2D eigenvalue weighted by atomic mass is 16.5. The second-order valence-corrected chi connectivity index (χ2v) is 5.83. The number of nitrogens with zero attached hydrogens (tertiary/aromatic N) is 1. The zero-order chi connectivity index (χ0) is 11.5. The lowest BCUT2D eigenvalue weighted by atomic mass is 9.91. The number of hydrogen-bond donors (Lipinski definition) is 0. The van der Waals surface area contributed by atoms with Gasteiger partial charge in [0.15, 0.2) is 0 Å². The molecule has 15 heavy (non-hydrogen) atoms. The SMILES string of the molecule is CCCC1(CCC)CN(C(C)(C)C)CO1. The third-order valence-corrected chi connectivity index (χ3v) is 3.37. The molecule has 0 aliphatic carbocycles. The van der Waals surface area contributed by atoms with Crippen LogP contribution in [0.3, 0.4) is 0 Å². The van der Waals surface area contributed by atoms with E-state index in [2.05, 4.69) is 39.5 Å². The molecule has 0 atom stereocenters. The van der Waals surface area contributed by atoms with Crippen LogP contribution >= 0.6 is 0 Å². The molecule has 0 unspecified atom stereocenters.